The number of carbonyl (C=O) groups is 1. The molecule has 0 spiro atoms. The molecule has 0 radical (unpaired) electrons. The number of aromatic nitrogens is 1. The van der Waals surface area contributed by atoms with Crippen molar-refractivity contribution in [1.82, 2.24) is 5.16 Å². The summed E-state index contributed by atoms with van der Waals surface area (Å²) in [5.41, 5.74) is 1.54. The third kappa shape index (κ3) is 6.76. The van der Waals surface area contributed by atoms with Gasteiger partial charge in [-0.05, 0) is 84.7 Å². The third-order valence-electron chi connectivity index (χ3n) is 8.68. The van der Waals surface area contributed by atoms with Crippen LogP contribution in [0.1, 0.15) is 73.6 Å². The average Bonchev–Trinajstić information content (AvgIpc) is 3.75. The maximum atomic E-state index is 13.1. The minimum atomic E-state index is -4.82. The number of aromatic carboxylic acids is 1. The molecule has 2 aliphatic carbocycles. The molecular weight excluding hydrogens is 591 g/mol. The molecule has 1 N–H and O–H groups in total. The van der Waals surface area contributed by atoms with Crippen LogP contribution in [0.5, 0.6) is 5.75 Å². The van der Waals surface area contributed by atoms with Gasteiger partial charge < -0.3 is 19.1 Å². The second kappa shape index (κ2) is 12.5. The van der Waals surface area contributed by atoms with Crippen LogP contribution in [0.3, 0.4) is 0 Å². The van der Waals surface area contributed by atoms with Crippen LogP contribution in [0.2, 0.25) is 0 Å². The summed E-state index contributed by atoms with van der Waals surface area (Å²) in [5.74, 6) is 0.415. The Kier molecular flexibility index (Phi) is 8.66. The highest BCUT2D eigenvalue weighted by Gasteiger charge is 2.38. The molecule has 0 amide bonds. The summed E-state index contributed by atoms with van der Waals surface area (Å²) in [4.78, 5) is 12.5. The molecule has 6 nitrogen and oxygen atoms in total. The van der Waals surface area contributed by atoms with E-state index in [1.807, 2.05) is 23.9 Å². The first-order chi connectivity index (χ1) is 21.1. The molecule has 0 saturated heterocycles. The van der Waals surface area contributed by atoms with E-state index in [2.05, 4.69) is 35.9 Å². The van der Waals surface area contributed by atoms with Gasteiger partial charge in [0.15, 0.2) is 0 Å². The van der Waals surface area contributed by atoms with E-state index in [0.717, 1.165) is 47.8 Å². The number of carboxylic acid groups (broad SMARTS) is 1. The largest absolute Gasteiger partial charge is 0.573 e. The maximum absolute atomic E-state index is 13.1. The standard InChI is InChI=1S/C34H34F3NO5S/c1-3-20-16-25(14-19(2)32(20)44-26-13-12-22-15-24(33(39)40)11-10-23(22)17-26)41-18-28-30(38-43-31(28)21-8-9-21)27-6-4-5-7-29(27)42-34(35,36)37/h4-7,10-13,15,17,19-21,25,32H,3,8-9,14,16,18H2,1-2H3,(H,39,40). The lowest BCUT2D eigenvalue weighted by atomic mass is 9.79. The Morgan fingerprint density at radius 3 is 2.55 bits per heavy atom. The van der Waals surface area contributed by atoms with Crippen LogP contribution in [0.25, 0.3) is 22.0 Å². The minimum Gasteiger partial charge on any atom is -0.478 e. The SMILES string of the molecule is CCC1CC(OCc2c(-c3ccccc3OC(F)(F)F)noc2C2CC2)CC(C)C1Sc1ccc2cc(C(=O)O)ccc2c1. The Balaban J connectivity index is 1.17. The Morgan fingerprint density at radius 1 is 1.07 bits per heavy atom. The molecule has 4 unspecified atom stereocenters. The van der Waals surface area contributed by atoms with Gasteiger partial charge >= 0.3 is 12.3 Å². The number of ether oxygens (including phenoxy) is 2. The third-order valence-corrected chi connectivity index (χ3v) is 10.3. The van der Waals surface area contributed by atoms with Crippen molar-refractivity contribution in [3.63, 3.8) is 0 Å². The van der Waals surface area contributed by atoms with E-state index >= 15 is 0 Å². The number of fused-ring (bicyclic) bond motifs is 1. The van der Waals surface area contributed by atoms with Gasteiger partial charge in [0.05, 0.1) is 18.3 Å². The van der Waals surface area contributed by atoms with Gasteiger partial charge in [0.1, 0.15) is 17.2 Å². The highest BCUT2D eigenvalue weighted by atomic mass is 32.2. The van der Waals surface area contributed by atoms with Crippen molar-refractivity contribution in [3.05, 3.63) is 77.6 Å². The number of para-hydroxylation sites is 1. The fraction of sp³-hybridized carbons (Fsp3) is 0.412. The van der Waals surface area contributed by atoms with Gasteiger partial charge in [-0.1, -0.05) is 49.7 Å². The van der Waals surface area contributed by atoms with Crippen molar-refractivity contribution in [2.45, 2.75) is 81.1 Å². The summed E-state index contributed by atoms with van der Waals surface area (Å²) in [7, 11) is 0. The number of carboxylic acids is 1. The average molecular weight is 626 g/mol. The smallest absolute Gasteiger partial charge is 0.478 e. The minimum absolute atomic E-state index is 0.00526. The van der Waals surface area contributed by atoms with Crippen LogP contribution in [-0.2, 0) is 11.3 Å². The van der Waals surface area contributed by atoms with Crippen molar-refractivity contribution in [2.24, 2.45) is 11.8 Å². The zero-order valence-electron chi connectivity index (χ0n) is 24.5. The maximum Gasteiger partial charge on any atom is 0.573 e. The zero-order chi connectivity index (χ0) is 31.0. The number of halogens is 3. The highest BCUT2D eigenvalue weighted by molar-refractivity contribution is 8.00. The van der Waals surface area contributed by atoms with E-state index in [-0.39, 0.29) is 35.5 Å². The molecule has 232 valence electrons. The summed E-state index contributed by atoms with van der Waals surface area (Å²) in [5, 5.41) is 15.8. The Morgan fingerprint density at radius 2 is 1.82 bits per heavy atom. The number of rotatable bonds is 10. The van der Waals surface area contributed by atoms with Crippen LogP contribution in [0.15, 0.2) is 70.1 Å². The molecule has 1 aromatic heterocycles. The molecule has 3 aromatic carbocycles. The lowest BCUT2D eigenvalue weighted by Gasteiger charge is -2.40. The molecule has 1 heterocycles. The number of hydrogen-bond acceptors (Lipinski definition) is 6. The molecular formula is C34H34F3NO5S. The normalized spacial score (nSPS) is 22.3. The molecule has 0 bridgehead atoms. The summed E-state index contributed by atoms with van der Waals surface area (Å²) >= 11 is 1.87. The molecule has 2 aliphatic rings. The van der Waals surface area contributed by atoms with Crippen molar-refractivity contribution >= 4 is 28.5 Å². The summed E-state index contributed by atoms with van der Waals surface area (Å²) in [6.45, 7) is 4.66. The molecule has 6 rings (SSSR count). The van der Waals surface area contributed by atoms with Gasteiger partial charge in [-0.2, -0.15) is 0 Å². The number of nitrogens with zero attached hydrogens (tertiary/aromatic N) is 1. The number of thioether (sulfide) groups is 1. The predicted molar refractivity (Wildman–Crippen MR) is 162 cm³/mol. The molecule has 10 heteroatoms. The van der Waals surface area contributed by atoms with Crippen LogP contribution in [0, 0.1) is 11.8 Å². The summed E-state index contributed by atoms with van der Waals surface area (Å²) in [6, 6.07) is 17.4. The van der Waals surface area contributed by atoms with Crippen molar-refractivity contribution < 1.29 is 37.1 Å². The molecule has 0 aliphatic heterocycles. The summed E-state index contributed by atoms with van der Waals surface area (Å²) in [6.07, 6.45) is -0.198. The Labute approximate surface area is 257 Å². The topological polar surface area (TPSA) is 81.8 Å². The van der Waals surface area contributed by atoms with Gasteiger partial charge in [-0.25, -0.2) is 4.79 Å². The Bertz CT molecular complexity index is 1650. The van der Waals surface area contributed by atoms with E-state index in [1.165, 1.54) is 12.1 Å². The van der Waals surface area contributed by atoms with E-state index in [4.69, 9.17) is 9.26 Å². The first-order valence-corrected chi connectivity index (χ1v) is 15.9. The monoisotopic (exact) mass is 625 g/mol. The highest BCUT2D eigenvalue weighted by Crippen LogP contribution is 2.47. The fourth-order valence-corrected chi connectivity index (χ4v) is 7.83. The van der Waals surface area contributed by atoms with Crippen LogP contribution in [-0.4, -0.2) is 33.9 Å². The van der Waals surface area contributed by atoms with E-state index in [1.54, 1.807) is 24.3 Å². The van der Waals surface area contributed by atoms with Gasteiger partial charge in [0.25, 0.3) is 0 Å². The van der Waals surface area contributed by atoms with Crippen molar-refractivity contribution in [2.75, 3.05) is 0 Å². The number of hydrogen-bond donors (Lipinski definition) is 1. The van der Waals surface area contributed by atoms with Gasteiger partial charge in [-0.15, -0.1) is 24.9 Å². The first kappa shape index (κ1) is 30.5. The predicted octanol–water partition coefficient (Wildman–Crippen LogP) is 9.47. The zero-order valence-corrected chi connectivity index (χ0v) is 25.3. The van der Waals surface area contributed by atoms with E-state index in [9.17, 15) is 23.1 Å². The van der Waals surface area contributed by atoms with Crippen LogP contribution >= 0.6 is 11.8 Å². The second-order valence-corrected chi connectivity index (χ2v) is 13.1. The first-order valence-electron chi connectivity index (χ1n) is 15.0. The number of benzene rings is 3. The second-order valence-electron chi connectivity index (χ2n) is 11.9. The van der Waals surface area contributed by atoms with Gasteiger partial charge in [-0.3, -0.25) is 0 Å². The summed E-state index contributed by atoms with van der Waals surface area (Å²) < 4.78 is 56.0. The molecule has 2 fully saturated rings. The molecule has 4 aromatic rings. The van der Waals surface area contributed by atoms with Crippen molar-refractivity contribution in [1.29, 1.82) is 0 Å². The van der Waals surface area contributed by atoms with E-state index in [0.29, 0.717) is 34.1 Å². The van der Waals surface area contributed by atoms with Crippen molar-refractivity contribution in [3.8, 4) is 17.0 Å². The van der Waals surface area contributed by atoms with Gasteiger partial charge in [0.2, 0.25) is 0 Å². The fourth-order valence-electron chi connectivity index (χ4n) is 6.33. The number of alkyl halides is 3. The Hall–Kier alpha value is -3.50. The molecule has 2 saturated carbocycles. The van der Waals surface area contributed by atoms with Crippen LogP contribution < -0.4 is 4.74 Å². The molecule has 44 heavy (non-hydrogen) atoms. The lowest BCUT2D eigenvalue weighted by molar-refractivity contribution is -0.274. The van der Waals surface area contributed by atoms with Crippen LogP contribution in [0.4, 0.5) is 13.2 Å². The van der Waals surface area contributed by atoms with E-state index < -0.39 is 12.3 Å². The van der Waals surface area contributed by atoms with Gasteiger partial charge in [0, 0.05) is 27.2 Å². The lowest BCUT2D eigenvalue weighted by Crippen LogP contribution is -2.37. The quantitative estimate of drug-likeness (QED) is 0.188. The molecule has 4 atom stereocenters.